The summed E-state index contributed by atoms with van der Waals surface area (Å²) >= 11 is 6.28. The van der Waals surface area contributed by atoms with Gasteiger partial charge in [-0.1, -0.05) is 59.6 Å². The Hall–Kier alpha value is -4.03. The molecule has 3 amide bonds. The number of anilines is 2. The Morgan fingerprint density at radius 1 is 0.947 bits per heavy atom. The molecule has 1 saturated carbocycles. The van der Waals surface area contributed by atoms with E-state index in [1.165, 1.54) is 0 Å². The normalized spacial score (nSPS) is 16.0. The molecule has 1 aliphatic carbocycles. The molecule has 6 nitrogen and oxygen atoms in total. The van der Waals surface area contributed by atoms with Gasteiger partial charge in [0, 0.05) is 22.9 Å². The highest BCUT2D eigenvalue weighted by molar-refractivity contribution is 6.31. The third kappa shape index (κ3) is 4.45. The van der Waals surface area contributed by atoms with Crippen LogP contribution >= 0.6 is 11.6 Å². The lowest BCUT2D eigenvalue weighted by Crippen LogP contribution is -2.48. The van der Waals surface area contributed by atoms with Crippen LogP contribution in [0.15, 0.2) is 85.1 Å². The summed E-state index contributed by atoms with van der Waals surface area (Å²) in [6.45, 7) is 3.95. The van der Waals surface area contributed by atoms with E-state index in [1.807, 2.05) is 66.6 Å². The summed E-state index contributed by atoms with van der Waals surface area (Å²) in [6, 6.07) is 25.2. The largest absolute Gasteiger partial charge is 0.322 e. The van der Waals surface area contributed by atoms with Crippen LogP contribution in [0.5, 0.6) is 0 Å². The minimum Gasteiger partial charge on any atom is -0.316 e. The van der Waals surface area contributed by atoms with Crippen molar-refractivity contribution >= 4 is 34.9 Å². The third-order valence-corrected chi connectivity index (χ3v) is 7.73. The molecule has 1 aliphatic heterocycles. The van der Waals surface area contributed by atoms with E-state index in [9.17, 15) is 9.59 Å². The number of urea groups is 1. The van der Waals surface area contributed by atoms with Crippen molar-refractivity contribution < 1.29 is 9.59 Å². The first-order valence-electron chi connectivity index (χ1n) is 12.9. The molecule has 0 bridgehead atoms. The van der Waals surface area contributed by atoms with Crippen LogP contribution in [0.25, 0.3) is 5.69 Å². The van der Waals surface area contributed by atoms with Crippen molar-refractivity contribution in [1.29, 1.82) is 0 Å². The molecular formula is C31H29ClN4O2. The van der Waals surface area contributed by atoms with Crippen LogP contribution in [-0.4, -0.2) is 34.0 Å². The highest BCUT2D eigenvalue weighted by Gasteiger charge is 2.40. The summed E-state index contributed by atoms with van der Waals surface area (Å²) in [4.78, 5) is 31.2. The maximum atomic E-state index is 14.2. The molecule has 3 aromatic carbocycles. The lowest BCUT2D eigenvalue weighted by molar-refractivity contribution is -0.119. The number of para-hydroxylation sites is 2. The lowest BCUT2D eigenvalue weighted by Gasteiger charge is -2.39. The Balaban J connectivity index is 1.35. The molecule has 0 radical (unpaired) electrons. The zero-order chi connectivity index (χ0) is 26.4. The Bertz CT molecular complexity index is 1540. The second-order valence-corrected chi connectivity index (χ2v) is 10.5. The van der Waals surface area contributed by atoms with Gasteiger partial charge in [-0.2, -0.15) is 0 Å². The second-order valence-electron chi connectivity index (χ2n) is 10.1. The lowest BCUT2D eigenvalue weighted by atomic mass is 9.96. The first-order chi connectivity index (χ1) is 18.4. The topological polar surface area (TPSA) is 57.6 Å². The molecule has 6 rings (SSSR count). The Kier molecular flexibility index (Phi) is 6.20. The molecule has 1 N–H and O–H groups in total. The standard InChI is InChI=1S/C31H29ClN4O2/c1-20-7-5-8-22(17-20)30-28-11-6-16-34(28)26-9-3-4-10-27(26)36(30)29(37)19-35(24-14-15-24)31(38)33-23-13-12-21(2)25(32)18-23/h3-13,16-18,24,30H,14-15,19H2,1-2H3,(H,33,38)/t30-/m0/s1. The number of carbonyl (C=O) groups excluding carboxylic acids is 2. The monoisotopic (exact) mass is 524 g/mol. The highest BCUT2D eigenvalue weighted by Crippen LogP contribution is 2.42. The van der Waals surface area contributed by atoms with Gasteiger partial charge in [0.15, 0.2) is 0 Å². The fourth-order valence-corrected chi connectivity index (χ4v) is 5.44. The van der Waals surface area contributed by atoms with Gasteiger partial charge >= 0.3 is 6.03 Å². The van der Waals surface area contributed by atoms with E-state index in [0.717, 1.165) is 46.6 Å². The zero-order valence-electron chi connectivity index (χ0n) is 21.4. The number of nitrogens with one attached hydrogen (secondary N) is 1. The molecule has 2 aliphatic rings. The summed E-state index contributed by atoms with van der Waals surface area (Å²) in [5.74, 6) is -0.125. The van der Waals surface area contributed by atoms with E-state index < -0.39 is 0 Å². The van der Waals surface area contributed by atoms with Crippen molar-refractivity contribution in [2.24, 2.45) is 0 Å². The number of aryl methyl sites for hydroxylation is 2. The number of hydrogen-bond donors (Lipinski definition) is 1. The molecular weight excluding hydrogens is 496 g/mol. The number of hydrogen-bond acceptors (Lipinski definition) is 2. The number of amides is 3. The zero-order valence-corrected chi connectivity index (χ0v) is 22.2. The van der Waals surface area contributed by atoms with E-state index in [4.69, 9.17) is 11.6 Å². The third-order valence-electron chi connectivity index (χ3n) is 7.32. The van der Waals surface area contributed by atoms with Gasteiger partial charge in [0.1, 0.15) is 12.6 Å². The molecule has 0 spiro atoms. The maximum Gasteiger partial charge on any atom is 0.322 e. The molecule has 7 heteroatoms. The van der Waals surface area contributed by atoms with Crippen molar-refractivity contribution in [2.75, 3.05) is 16.8 Å². The van der Waals surface area contributed by atoms with Crippen LogP contribution in [0.3, 0.4) is 0 Å². The first kappa shape index (κ1) is 24.3. The van der Waals surface area contributed by atoms with Crippen LogP contribution in [0.1, 0.15) is 41.3 Å². The minimum absolute atomic E-state index is 0.0204. The van der Waals surface area contributed by atoms with E-state index >= 15 is 0 Å². The van der Waals surface area contributed by atoms with Crippen LogP contribution in [0.4, 0.5) is 16.2 Å². The molecule has 1 atom stereocenters. The van der Waals surface area contributed by atoms with Gasteiger partial charge in [-0.3, -0.25) is 9.69 Å². The number of carbonyl (C=O) groups is 2. The molecule has 0 saturated heterocycles. The fraction of sp³-hybridized carbons (Fsp3) is 0.226. The first-order valence-corrected chi connectivity index (χ1v) is 13.3. The van der Waals surface area contributed by atoms with Gasteiger partial charge < -0.3 is 14.8 Å². The molecule has 2 heterocycles. The molecule has 38 heavy (non-hydrogen) atoms. The predicted molar refractivity (Wildman–Crippen MR) is 151 cm³/mol. The van der Waals surface area contributed by atoms with E-state index in [0.29, 0.717) is 10.7 Å². The van der Waals surface area contributed by atoms with Gasteiger partial charge in [0.25, 0.3) is 0 Å². The summed E-state index contributed by atoms with van der Waals surface area (Å²) < 4.78 is 2.15. The molecule has 4 aromatic rings. The molecule has 1 aromatic heterocycles. The second kappa shape index (κ2) is 9.69. The van der Waals surface area contributed by atoms with Gasteiger partial charge in [-0.05, 0) is 74.2 Å². The summed E-state index contributed by atoms with van der Waals surface area (Å²) in [5.41, 5.74) is 6.50. The van der Waals surface area contributed by atoms with Crippen LogP contribution in [0.2, 0.25) is 5.02 Å². The predicted octanol–water partition coefficient (Wildman–Crippen LogP) is 6.88. The van der Waals surface area contributed by atoms with Gasteiger partial charge in [-0.15, -0.1) is 0 Å². The van der Waals surface area contributed by atoms with E-state index in [-0.39, 0.29) is 30.6 Å². The smallest absolute Gasteiger partial charge is 0.316 e. The van der Waals surface area contributed by atoms with Crippen molar-refractivity contribution in [3.8, 4) is 5.69 Å². The number of halogens is 1. The quantitative estimate of drug-likeness (QED) is 0.309. The Morgan fingerprint density at radius 3 is 2.47 bits per heavy atom. The van der Waals surface area contributed by atoms with Crippen molar-refractivity contribution in [1.82, 2.24) is 9.47 Å². The van der Waals surface area contributed by atoms with E-state index in [2.05, 4.69) is 41.1 Å². The number of benzene rings is 3. The molecule has 0 unspecified atom stereocenters. The average Bonchev–Trinajstić information content (AvgIpc) is 3.63. The van der Waals surface area contributed by atoms with Gasteiger partial charge in [0.05, 0.1) is 17.1 Å². The maximum absolute atomic E-state index is 14.2. The summed E-state index contributed by atoms with van der Waals surface area (Å²) in [5, 5.41) is 3.54. The molecule has 192 valence electrons. The summed E-state index contributed by atoms with van der Waals surface area (Å²) in [6.07, 6.45) is 3.81. The fourth-order valence-electron chi connectivity index (χ4n) is 5.26. The number of nitrogens with zero attached hydrogens (tertiary/aromatic N) is 3. The van der Waals surface area contributed by atoms with Crippen molar-refractivity contribution in [2.45, 2.75) is 38.8 Å². The number of aromatic nitrogens is 1. The van der Waals surface area contributed by atoms with E-state index in [1.54, 1.807) is 11.0 Å². The minimum atomic E-state index is -0.313. The number of rotatable bonds is 5. The Morgan fingerprint density at radius 2 is 1.74 bits per heavy atom. The SMILES string of the molecule is Cc1cccc([C@H]2c3cccn3-c3ccccc3N2C(=O)CN(C(=O)Nc2ccc(C)c(Cl)c2)C2CC2)c1. The summed E-state index contributed by atoms with van der Waals surface area (Å²) in [7, 11) is 0. The van der Waals surface area contributed by atoms with Crippen molar-refractivity contribution in [3.05, 3.63) is 112 Å². The van der Waals surface area contributed by atoms with Gasteiger partial charge in [0.2, 0.25) is 5.91 Å². The molecule has 1 fully saturated rings. The van der Waals surface area contributed by atoms with Crippen LogP contribution < -0.4 is 10.2 Å². The van der Waals surface area contributed by atoms with Crippen LogP contribution in [-0.2, 0) is 4.79 Å². The van der Waals surface area contributed by atoms with Gasteiger partial charge in [-0.25, -0.2) is 4.79 Å². The highest BCUT2D eigenvalue weighted by atomic mass is 35.5. The average molecular weight is 525 g/mol. The Labute approximate surface area is 227 Å². The van der Waals surface area contributed by atoms with Crippen molar-refractivity contribution in [3.63, 3.8) is 0 Å². The van der Waals surface area contributed by atoms with Crippen LogP contribution in [0, 0.1) is 13.8 Å². The number of fused-ring (bicyclic) bond motifs is 3.